The topological polar surface area (TPSA) is 234 Å². The number of hydrogen-bond acceptors (Lipinski definition) is 12. The van der Waals surface area contributed by atoms with Gasteiger partial charge in [-0.3, -0.25) is 19.2 Å². The quantitative estimate of drug-likeness (QED) is 0.0169. The number of benzene rings is 4. The van der Waals surface area contributed by atoms with Gasteiger partial charge in [0.05, 0.1) is 26.4 Å². The summed E-state index contributed by atoms with van der Waals surface area (Å²) in [5.41, 5.74) is 10.6. The first-order valence-corrected chi connectivity index (χ1v) is 39.4. The third-order valence-electron chi connectivity index (χ3n) is 19.6. The molecule has 4 unspecified atom stereocenters. The average Bonchev–Trinajstić information content (AvgIpc) is 0.777. The Kier molecular flexibility index (Phi) is 41.7. The predicted molar refractivity (Wildman–Crippen MR) is 405 cm³/mol. The highest BCUT2D eigenvalue weighted by atomic mass is 16.5. The Labute approximate surface area is 602 Å². The highest BCUT2D eigenvalue weighted by Gasteiger charge is 2.27. The maximum Gasteiger partial charge on any atom is 0.320 e. The predicted octanol–water partition coefficient (Wildman–Crippen LogP) is 18.7. The molecule has 0 spiro atoms. The third-order valence-corrected chi connectivity index (χ3v) is 19.6. The zero-order valence-corrected chi connectivity index (χ0v) is 63.1. The lowest BCUT2D eigenvalue weighted by Gasteiger charge is -2.25. The molecule has 16 heteroatoms. The number of carboxylic acid groups (broad SMARTS) is 4. The van der Waals surface area contributed by atoms with E-state index in [0.717, 1.165) is 167 Å². The van der Waals surface area contributed by atoms with Gasteiger partial charge < -0.3 is 60.6 Å². The summed E-state index contributed by atoms with van der Waals surface area (Å²) in [6.07, 6.45) is 37.6. The number of carboxylic acids is 4. The van der Waals surface area contributed by atoms with Crippen molar-refractivity contribution in [2.24, 2.45) is 0 Å². The number of aliphatic carboxylic acids is 4. The van der Waals surface area contributed by atoms with Crippen LogP contribution in [0.25, 0.3) is 0 Å². The van der Waals surface area contributed by atoms with E-state index in [1.807, 2.05) is 0 Å². The molecule has 100 heavy (non-hydrogen) atoms. The Balaban J connectivity index is 1.90. The fraction of sp³-hybridized carbons (Fsp3) is 0.667. The Morgan fingerprint density at radius 3 is 0.580 bits per heavy atom. The molecule has 0 radical (unpaired) electrons. The maximum absolute atomic E-state index is 12.5. The molecule has 0 heterocycles. The van der Waals surface area contributed by atoms with Crippen LogP contribution in [0.15, 0.2) is 48.5 Å². The third kappa shape index (κ3) is 32.0. The van der Waals surface area contributed by atoms with Crippen molar-refractivity contribution in [3.8, 4) is 23.0 Å². The molecule has 0 amide bonds. The number of fused-ring (bicyclic) bond motifs is 8. The molecule has 560 valence electrons. The number of nitrogens with one attached hydrogen (secondary N) is 4. The lowest BCUT2D eigenvalue weighted by Crippen LogP contribution is -2.33. The van der Waals surface area contributed by atoms with Crippen LogP contribution in [0.5, 0.6) is 23.0 Å². The molecule has 4 aromatic carbocycles. The van der Waals surface area contributed by atoms with Crippen molar-refractivity contribution in [3.05, 3.63) is 115 Å². The zero-order chi connectivity index (χ0) is 72.3. The van der Waals surface area contributed by atoms with Crippen molar-refractivity contribution in [3.63, 3.8) is 0 Å². The smallest absolute Gasteiger partial charge is 0.320 e. The summed E-state index contributed by atoms with van der Waals surface area (Å²) in [6.45, 7) is 18.4. The van der Waals surface area contributed by atoms with Gasteiger partial charge in [0.25, 0.3) is 0 Å². The van der Waals surface area contributed by atoms with E-state index in [2.05, 4.69) is 97.5 Å². The Bertz CT molecular complexity index is 2530. The molecule has 16 nitrogen and oxygen atoms in total. The van der Waals surface area contributed by atoms with E-state index in [-0.39, 0.29) is 26.2 Å². The van der Waals surface area contributed by atoms with Gasteiger partial charge in [0.2, 0.25) is 0 Å². The van der Waals surface area contributed by atoms with Crippen LogP contribution in [-0.4, -0.2) is 94.9 Å². The Morgan fingerprint density at radius 2 is 0.430 bits per heavy atom. The second kappa shape index (κ2) is 49.4. The van der Waals surface area contributed by atoms with Gasteiger partial charge in [0.1, 0.15) is 47.2 Å². The van der Waals surface area contributed by atoms with Gasteiger partial charge in [0.15, 0.2) is 0 Å². The van der Waals surface area contributed by atoms with Crippen molar-refractivity contribution >= 4 is 23.9 Å². The van der Waals surface area contributed by atoms with Gasteiger partial charge in [0, 0.05) is 51.9 Å². The minimum Gasteiger partial charge on any atom is -0.493 e. The summed E-state index contributed by atoms with van der Waals surface area (Å²) in [4.78, 5) is 50.0. The largest absolute Gasteiger partial charge is 0.493 e. The number of rotatable bonds is 56. The lowest BCUT2D eigenvalue weighted by molar-refractivity contribution is -0.140. The van der Waals surface area contributed by atoms with Crippen LogP contribution < -0.4 is 40.2 Å². The van der Waals surface area contributed by atoms with E-state index < -0.39 is 48.0 Å². The van der Waals surface area contributed by atoms with Crippen LogP contribution in [0, 0.1) is 0 Å². The van der Waals surface area contributed by atoms with Gasteiger partial charge in [-0.2, -0.15) is 0 Å². The van der Waals surface area contributed by atoms with E-state index in [1.54, 1.807) is 27.7 Å². The van der Waals surface area contributed by atoms with Crippen molar-refractivity contribution < 1.29 is 58.6 Å². The normalized spacial score (nSPS) is 13.4. The van der Waals surface area contributed by atoms with Gasteiger partial charge in [-0.05, 0) is 120 Å². The van der Waals surface area contributed by atoms with E-state index in [4.69, 9.17) is 18.9 Å². The summed E-state index contributed by atoms with van der Waals surface area (Å²) in [5, 5.41) is 54.1. The van der Waals surface area contributed by atoms with Crippen LogP contribution >= 0.6 is 0 Å². The molecule has 8 bridgehead atoms. The van der Waals surface area contributed by atoms with Crippen molar-refractivity contribution in [2.45, 2.75) is 337 Å². The van der Waals surface area contributed by atoms with E-state index >= 15 is 0 Å². The SMILES string of the molecule is CCCCCCCCCCOc1c2cc(CNC(C)C(=O)O)cc1Cc1cc(CNC(C)C(=O)O)cc(c1OCCCCCCCCCC)Cc1cc(CNC(C)C(=O)O)cc(c1OCCCCCCCCCC)Cc1cc(CNC(C)C(=O)O)cc(c1OCCCCCCCCCC)C2. The first-order chi connectivity index (χ1) is 48.5. The first-order valence-electron chi connectivity index (χ1n) is 39.4. The van der Waals surface area contributed by atoms with Crippen molar-refractivity contribution in [1.29, 1.82) is 0 Å². The second-order valence-corrected chi connectivity index (χ2v) is 28.7. The molecule has 8 N–H and O–H groups in total. The summed E-state index contributed by atoms with van der Waals surface area (Å²) < 4.78 is 29.1. The fourth-order valence-corrected chi connectivity index (χ4v) is 13.4. The summed E-state index contributed by atoms with van der Waals surface area (Å²) in [5.74, 6) is -0.905. The Morgan fingerprint density at radius 1 is 0.280 bits per heavy atom. The van der Waals surface area contributed by atoms with Crippen LogP contribution in [0.3, 0.4) is 0 Å². The average molecular weight is 1390 g/mol. The van der Waals surface area contributed by atoms with Crippen molar-refractivity contribution in [2.75, 3.05) is 26.4 Å². The standard InChI is InChI=1S/C84H132N4O12/c1-9-13-17-21-25-29-33-37-41-97-77-69-45-65(57-85-61(5)81(89)90)46-70(77)54-72-48-67(59-87-63(7)83(93)94)50-74(79(72)99-43-39-35-31-27-23-19-15-11-3)56-76-52-68(60-88-64(8)84(95)96)51-75(80(76)100-44-40-36-32-28-24-20-16-12-4)55-73-49-66(58-86-62(6)82(91)92)47-71(53-69)78(73)98-42-38-34-30-26-22-18-14-10-2/h45-52,61-64,85-88H,9-44,53-60H2,1-8H3,(H,89,90)(H,91,92)(H,93,94)(H,95,96). The minimum absolute atomic E-state index is 0.249. The molecule has 1 aliphatic carbocycles. The maximum atomic E-state index is 12.5. The molecule has 4 atom stereocenters. The Hall–Kier alpha value is -6.20. The molecule has 0 aliphatic heterocycles. The summed E-state index contributed by atoms with van der Waals surface area (Å²) in [6, 6.07) is 13.8. The highest BCUT2D eigenvalue weighted by molar-refractivity contribution is 5.74. The zero-order valence-electron chi connectivity index (χ0n) is 63.1. The molecular weight excluding hydrogens is 1260 g/mol. The van der Waals surface area contributed by atoms with Crippen LogP contribution in [0.1, 0.15) is 328 Å². The first kappa shape index (κ1) is 84.5. The van der Waals surface area contributed by atoms with Crippen LogP contribution in [-0.2, 0) is 71.0 Å². The summed E-state index contributed by atoms with van der Waals surface area (Å²) >= 11 is 0. The van der Waals surface area contributed by atoms with Gasteiger partial charge in [-0.25, -0.2) is 0 Å². The van der Waals surface area contributed by atoms with E-state index in [9.17, 15) is 39.6 Å². The minimum atomic E-state index is -0.959. The van der Waals surface area contributed by atoms with Gasteiger partial charge >= 0.3 is 23.9 Å². The molecule has 5 rings (SSSR count). The molecule has 0 saturated heterocycles. The number of unbranched alkanes of at least 4 members (excludes halogenated alkanes) is 28. The monoisotopic (exact) mass is 1390 g/mol. The molecule has 0 saturated carbocycles. The van der Waals surface area contributed by atoms with Crippen LogP contribution in [0.2, 0.25) is 0 Å². The number of ether oxygens (including phenoxy) is 4. The van der Waals surface area contributed by atoms with E-state index in [0.29, 0.717) is 52.1 Å². The molecular formula is C84H132N4O12. The second-order valence-electron chi connectivity index (χ2n) is 28.7. The molecule has 0 aromatic heterocycles. The fourth-order valence-electron chi connectivity index (χ4n) is 13.4. The lowest BCUT2D eigenvalue weighted by atomic mass is 9.88. The molecule has 4 aromatic rings. The number of carbonyl (C=O) groups is 4. The molecule has 1 aliphatic rings. The highest BCUT2D eigenvalue weighted by Crippen LogP contribution is 2.42. The molecule has 0 fully saturated rings. The summed E-state index contributed by atoms with van der Waals surface area (Å²) in [7, 11) is 0. The van der Waals surface area contributed by atoms with Gasteiger partial charge in [-0.15, -0.1) is 0 Å². The van der Waals surface area contributed by atoms with Crippen LogP contribution in [0.4, 0.5) is 0 Å². The van der Waals surface area contributed by atoms with Crippen molar-refractivity contribution in [1.82, 2.24) is 21.3 Å². The van der Waals surface area contributed by atoms with E-state index in [1.165, 1.54) is 128 Å². The number of hydrogen-bond donors (Lipinski definition) is 8. The van der Waals surface area contributed by atoms with Gasteiger partial charge in [-0.1, -0.05) is 256 Å².